The fourth-order valence-corrected chi connectivity index (χ4v) is 2.41. The third-order valence-corrected chi connectivity index (χ3v) is 3.60. The summed E-state index contributed by atoms with van der Waals surface area (Å²) in [7, 11) is 1.69. The fraction of sp³-hybridized carbons (Fsp3) is 0.176. The summed E-state index contributed by atoms with van der Waals surface area (Å²) in [6.45, 7) is 1.71. The van der Waals surface area contributed by atoms with Crippen LogP contribution in [0.15, 0.2) is 48.5 Å². The number of rotatable bonds is 2. The lowest BCUT2D eigenvalue weighted by Crippen LogP contribution is -2.42. The van der Waals surface area contributed by atoms with Crippen LogP contribution in [-0.2, 0) is 4.79 Å². The second-order valence-electron chi connectivity index (χ2n) is 5.03. The summed E-state index contributed by atoms with van der Waals surface area (Å²) in [6.07, 6.45) is -0.502. The van der Waals surface area contributed by atoms with Crippen molar-refractivity contribution in [3.05, 3.63) is 59.7 Å². The van der Waals surface area contributed by atoms with Crippen LogP contribution in [0.4, 0.5) is 5.69 Å². The van der Waals surface area contributed by atoms with Crippen molar-refractivity contribution in [3.8, 4) is 5.75 Å². The molecule has 1 aliphatic heterocycles. The zero-order valence-corrected chi connectivity index (χ0v) is 11.9. The normalized spacial score (nSPS) is 17.1. The van der Waals surface area contributed by atoms with Gasteiger partial charge in [0.15, 0.2) is 11.9 Å². The molecule has 0 bridgehead atoms. The Labute approximate surface area is 123 Å². The van der Waals surface area contributed by atoms with Gasteiger partial charge in [-0.25, -0.2) is 0 Å². The van der Waals surface area contributed by atoms with Crippen molar-refractivity contribution in [2.24, 2.45) is 0 Å². The first-order valence-corrected chi connectivity index (χ1v) is 6.76. The summed E-state index contributed by atoms with van der Waals surface area (Å²) in [5, 5.41) is 0. The van der Waals surface area contributed by atoms with Gasteiger partial charge in [-0.15, -0.1) is 0 Å². The minimum Gasteiger partial charge on any atom is -0.479 e. The molecule has 3 rings (SSSR count). The standard InChI is InChI=1S/C17H15NO3/c1-11-17(20)18(2)14-10-13(8-9-15(14)21-11)16(19)12-6-4-3-5-7-12/h3-11H,1-2H3. The summed E-state index contributed by atoms with van der Waals surface area (Å²) < 4.78 is 5.55. The van der Waals surface area contributed by atoms with Crippen LogP contribution in [0.25, 0.3) is 0 Å². The number of ketones is 1. The van der Waals surface area contributed by atoms with Crippen LogP contribution < -0.4 is 9.64 Å². The average Bonchev–Trinajstić information content (AvgIpc) is 2.53. The number of likely N-dealkylation sites (N-methyl/N-ethyl adjacent to an activating group) is 1. The maximum Gasteiger partial charge on any atom is 0.267 e. The van der Waals surface area contributed by atoms with Crippen molar-refractivity contribution in [1.29, 1.82) is 0 Å². The van der Waals surface area contributed by atoms with Crippen molar-refractivity contribution in [2.45, 2.75) is 13.0 Å². The van der Waals surface area contributed by atoms with Gasteiger partial charge in [0.25, 0.3) is 5.91 Å². The number of benzene rings is 2. The Hall–Kier alpha value is -2.62. The molecule has 0 fully saturated rings. The van der Waals surface area contributed by atoms with Gasteiger partial charge in [0.1, 0.15) is 5.75 Å². The molecule has 2 aromatic rings. The minimum absolute atomic E-state index is 0.0714. The van der Waals surface area contributed by atoms with Crippen molar-refractivity contribution in [3.63, 3.8) is 0 Å². The Balaban J connectivity index is 2.00. The minimum atomic E-state index is -0.502. The summed E-state index contributed by atoms with van der Waals surface area (Å²) in [5.41, 5.74) is 1.79. The first kappa shape index (κ1) is 13.4. The predicted octanol–water partition coefficient (Wildman–Crippen LogP) is 2.66. The van der Waals surface area contributed by atoms with Gasteiger partial charge in [0.2, 0.25) is 0 Å². The molecule has 1 heterocycles. The third kappa shape index (κ3) is 2.29. The number of amides is 1. The van der Waals surface area contributed by atoms with E-state index in [1.165, 1.54) is 4.90 Å². The van der Waals surface area contributed by atoms with E-state index in [2.05, 4.69) is 0 Å². The van der Waals surface area contributed by atoms with Crippen LogP contribution in [0.1, 0.15) is 22.8 Å². The van der Waals surface area contributed by atoms with Gasteiger partial charge in [-0.05, 0) is 25.1 Å². The molecule has 0 aliphatic carbocycles. The first-order chi connectivity index (χ1) is 10.1. The molecule has 1 atom stereocenters. The quantitative estimate of drug-likeness (QED) is 0.795. The number of hydrogen-bond donors (Lipinski definition) is 0. The maximum absolute atomic E-state index is 12.4. The molecule has 0 aromatic heterocycles. The highest BCUT2D eigenvalue weighted by Gasteiger charge is 2.29. The van der Waals surface area contributed by atoms with E-state index in [-0.39, 0.29) is 11.7 Å². The molecule has 0 radical (unpaired) electrons. The molecule has 106 valence electrons. The molecule has 0 saturated carbocycles. The molecule has 1 aliphatic rings. The van der Waals surface area contributed by atoms with Crippen molar-refractivity contribution in [2.75, 3.05) is 11.9 Å². The Morgan fingerprint density at radius 3 is 2.52 bits per heavy atom. The SMILES string of the molecule is CC1Oc2ccc(C(=O)c3ccccc3)cc2N(C)C1=O. The lowest BCUT2D eigenvalue weighted by molar-refractivity contribution is -0.125. The van der Waals surface area contributed by atoms with Crippen LogP contribution in [-0.4, -0.2) is 24.8 Å². The predicted molar refractivity (Wildman–Crippen MR) is 79.8 cm³/mol. The third-order valence-electron chi connectivity index (χ3n) is 3.60. The number of ether oxygens (including phenoxy) is 1. The highest BCUT2D eigenvalue weighted by molar-refractivity contribution is 6.10. The van der Waals surface area contributed by atoms with E-state index in [1.54, 1.807) is 44.3 Å². The number of carbonyl (C=O) groups is 2. The van der Waals surface area contributed by atoms with E-state index < -0.39 is 6.10 Å². The summed E-state index contributed by atoms with van der Waals surface area (Å²) in [6, 6.07) is 14.2. The fourth-order valence-electron chi connectivity index (χ4n) is 2.41. The van der Waals surface area contributed by atoms with E-state index >= 15 is 0 Å². The largest absolute Gasteiger partial charge is 0.479 e. The molecular formula is C17H15NO3. The van der Waals surface area contributed by atoms with Gasteiger partial charge in [-0.2, -0.15) is 0 Å². The highest BCUT2D eigenvalue weighted by Crippen LogP contribution is 2.34. The van der Waals surface area contributed by atoms with Crippen LogP contribution in [0.5, 0.6) is 5.75 Å². The van der Waals surface area contributed by atoms with Crippen LogP contribution in [0.3, 0.4) is 0 Å². The van der Waals surface area contributed by atoms with Crippen molar-refractivity contribution in [1.82, 2.24) is 0 Å². The Morgan fingerprint density at radius 1 is 1.10 bits per heavy atom. The summed E-state index contributed by atoms with van der Waals surface area (Å²) in [5.74, 6) is 0.430. The van der Waals surface area contributed by atoms with Gasteiger partial charge >= 0.3 is 0 Å². The van der Waals surface area contributed by atoms with E-state index in [1.807, 2.05) is 18.2 Å². The molecule has 4 nitrogen and oxygen atoms in total. The average molecular weight is 281 g/mol. The molecule has 2 aromatic carbocycles. The lowest BCUT2D eigenvalue weighted by Gasteiger charge is -2.30. The maximum atomic E-state index is 12.4. The monoisotopic (exact) mass is 281 g/mol. The Kier molecular flexibility index (Phi) is 3.22. The molecule has 21 heavy (non-hydrogen) atoms. The number of nitrogens with zero attached hydrogens (tertiary/aromatic N) is 1. The highest BCUT2D eigenvalue weighted by atomic mass is 16.5. The van der Waals surface area contributed by atoms with E-state index in [0.717, 1.165) is 0 Å². The zero-order valence-electron chi connectivity index (χ0n) is 11.9. The number of hydrogen-bond acceptors (Lipinski definition) is 3. The summed E-state index contributed by atoms with van der Waals surface area (Å²) >= 11 is 0. The topological polar surface area (TPSA) is 46.6 Å². The van der Waals surface area contributed by atoms with E-state index in [9.17, 15) is 9.59 Å². The molecule has 0 saturated heterocycles. The van der Waals surface area contributed by atoms with Gasteiger partial charge in [0.05, 0.1) is 5.69 Å². The van der Waals surface area contributed by atoms with E-state index in [4.69, 9.17) is 4.74 Å². The smallest absolute Gasteiger partial charge is 0.267 e. The second kappa shape index (κ2) is 5.05. The van der Waals surface area contributed by atoms with Crippen LogP contribution >= 0.6 is 0 Å². The molecular weight excluding hydrogens is 266 g/mol. The Bertz CT molecular complexity index is 709. The van der Waals surface area contributed by atoms with Gasteiger partial charge in [-0.3, -0.25) is 9.59 Å². The van der Waals surface area contributed by atoms with Crippen molar-refractivity contribution >= 4 is 17.4 Å². The van der Waals surface area contributed by atoms with E-state index in [0.29, 0.717) is 22.6 Å². The number of anilines is 1. The molecule has 0 spiro atoms. The lowest BCUT2D eigenvalue weighted by atomic mass is 10.0. The van der Waals surface area contributed by atoms with Gasteiger partial charge in [0, 0.05) is 18.2 Å². The summed E-state index contributed by atoms with van der Waals surface area (Å²) in [4.78, 5) is 25.9. The number of carbonyl (C=O) groups excluding carboxylic acids is 2. The zero-order chi connectivity index (χ0) is 15.0. The molecule has 4 heteroatoms. The number of fused-ring (bicyclic) bond motifs is 1. The Morgan fingerprint density at radius 2 is 1.81 bits per heavy atom. The van der Waals surface area contributed by atoms with Crippen LogP contribution in [0.2, 0.25) is 0 Å². The van der Waals surface area contributed by atoms with Crippen LogP contribution in [0, 0.1) is 0 Å². The first-order valence-electron chi connectivity index (χ1n) is 6.76. The molecule has 1 unspecified atom stereocenters. The van der Waals surface area contributed by atoms with Crippen molar-refractivity contribution < 1.29 is 14.3 Å². The van der Waals surface area contributed by atoms with Gasteiger partial charge < -0.3 is 9.64 Å². The molecule has 0 N–H and O–H groups in total. The molecule has 1 amide bonds. The second-order valence-corrected chi connectivity index (χ2v) is 5.03. The van der Waals surface area contributed by atoms with Gasteiger partial charge in [-0.1, -0.05) is 30.3 Å².